The number of alkyl halides is 3. The molecule has 19 heavy (non-hydrogen) atoms. The zero-order valence-electron chi connectivity index (χ0n) is 12.0. The van der Waals surface area contributed by atoms with Crippen molar-refractivity contribution in [1.29, 1.82) is 0 Å². The predicted molar refractivity (Wildman–Crippen MR) is 76.0 cm³/mol. The fourth-order valence-corrected chi connectivity index (χ4v) is 1.98. The SMILES string of the molecule is [CH2]CCCCCCCCCC/C=C/CCC(F)(F)F. The van der Waals surface area contributed by atoms with E-state index < -0.39 is 12.6 Å². The average Bonchev–Trinajstić information content (AvgIpc) is 2.34. The molecule has 1 radical (unpaired) electrons. The Morgan fingerprint density at radius 3 is 1.68 bits per heavy atom. The normalized spacial score (nSPS) is 12.4. The van der Waals surface area contributed by atoms with Crippen LogP contribution >= 0.6 is 0 Å². The molecule has 0 aromatic carbocycles. The Bertz CT molecular complexity index is 207. The molecule has 0 aromatic rings. The van der Waals surface area contributed by atoms with Crippen LogP contribution in [0.2, 0.25) is 0 Å². The molecule has 0 heterocycles. The van der Waals surface area contributed by atoms with E-state index in [9.17, 15) is 13.2 Å². The summed E-state index contributed by atoms with van der Waals surface area (Å²) in [5, 5.41) is 0. The van der Waals surface area contributed by atoms with E-state index in [1.54, 1.807) is 6.08 Å². The summed E-state index contributed by atoms with van der Waals surface area (Å²) < 4.78 is 35.5. The Morgan fingerprint density at radius 1 is 0.684 bits per heavy atom. The number of halogens is 3. The lowest BCUT2D eigenvalue weighted by molar-refractivity contribution is -0.133. The first-order chi connectivity index (χ1) is 9.06. The molecule has 0 unspecified atom stereocenters. The molecule has 0 aliphatic rings. The van der Waals surface area contributed by atoms with E-state index in [1.165, 1.54) is 44.9 Å². The lowest BCUT2D eigenvalue weighted by atomic mass is 10.1. The highest BCUT2D eigenvalue weighted by Gasteiger charge is 2.25. The fourth-order valence-electron chi connectivity index (χ4n) is 1.98. The summed E-state index contributed by atoms with van der Waals surface area (Å²) in [7, 11) is 0. The minimum absolute atomic E-state index is 0.121. The highest BCUT2D eigenvalue weighted by atomic mass is 19.4. The summed E-state index contributed by atoms with van der Waals surface area (Å²) in [6.07, 6.45) is 10.9. The van der Waals surface area contributed by atoms with Gasteiger partial charge >= 0.3 is 6.18 Å². The number of rotatable bonds is 12. The van der Waals surface area contributed by atoms with Crippen LogP contribution in [0, 0.1) is 6.92 Å². The van der Waals surface area contributed by atoms with Crippen LogP contribution in [0.15, 0.2) is 12.2 Å². The van der Waals surface area contributed by atoms with Gasteiger partial charge < -0.3 is 0 Å². The standard InChI is InChI=1S/C16H28F3/c1-2-3-4-5-6-7-8-9-10-11-12-13-14-15-16(17,18)19/h12-13H,1-11,14-15H2/b13-12+. The Labute approximate surface area is 116 Å². The number of hydrogen-bond acceptors (Lipinski definition) is 0. The maximum Gasteiger partial charge on any atom is 0.389 e. The molecule has 0 spiro atoms. The zero-order valence-corrected chi connectivity index (χ0v) is 12.0. The quantitative estimate of drug-likeness (QED) is 0.278. The summed E-state index contributed by atoms with van der Waals surface area (Å²) in [6.45, 7) is 3.82. The average molecular weight is 277 g/mol. The van der Waals surface area contributed by atoms with Crippen LogP contribution in [-0.4, -0.2) is 6.18 Å². The summed E-state index contributed by atoms with van der Waals surface area (Å²) >= 11 is 0. The number of unbranched alkanes of at least 4 members (excludes halogenated alkanes) is 9. The Morgan fingerprint density at radius 2 is 1.16 bits per heavy atom. The second-order valence-electron chi connectivity index (χ2n) is 5.10. The van der Waals surface area contributed by atoms with Crippen molar-refractivity contribution in [2.75, 3.05) is 0 Å². The highest BCUT2D eigenvalue weighted by molar-refractivity contribution is 4.82. The third-order valence-electron chi connectivity index (χ3n) is 3.13. The van der Waals surface area contributed by atoms with Gasteiger partial charge in [-0.3, -0.25) is 0 Å². The fraction of sp³-hybridized carbons (Fsp3) is 0.812. The van der Waals surface area contributed by atoms with Gasteiger partial charge in [-0.2, -0.15) is 13.2 Å². The molecule has 0 nitrogen and oxygen atoms in total. The molecular formula is C16H28F3. The minimum atomic E-state index is -4.02. The van der Waals surface area contributed by atoms with Crippen molar-refractivity contribution < 1.29 is 13.2 Å². The molecule has 0 aliphatic heterocycles. The summed E-state index contributed by atoms with van der Waals surface area (Å²) in [4.78, 5) is 0. The van der Waals surface area contributed by atoms with Crippen molar-refractivity contribution in [1.82, 2.24) is 0 Å². The molecule has 0 bridgehead atoms. The second kappa shape index (κ2) is 12.6. The third kappa shape index (κ3) is 17.5. The maximum absolute atomic E-state index is 11.8. The Balaban J connectivity index is 3.12. The van der Waals surface area contributed by atoms with Gasteiger partial charge in [0.25, 0.3) is 0 Å². The molecule has 3 heteroatoms. The first kappa shape index (κ1) is 18.5. The molecule has 0 aromatic heterocycles. The molecule has 113 valence electrons. The van der Waals surface area contributed by atoms with E-state index in [0.717, 1.165) is 19.3 Å². The third-order valence-corrected chi connectivity index (χ3v) is 3.13. The Hall–Kier alpha value is -0.470. The second-order valence-corrected chi connectivity index (χ2v) is 5.10. The van der Waals surface area contributed by atoms with Gasteiger partial charge in [0, 0.05) is 6.42 Å². The molecule has 0 saturated heterocycles. The van der Waals surface area contributed by atoms with E-state index in [2.05, 4.69) is 6.92 Å². The van der Waals surface area contributed by atoms with E-state index in [-0.39, 0.29) is 6.42 Å². The van der Waals surface area contributed by atoms with Crippen molar-refractivity contribution in [3.8, 4) is 0 Å². The van der Waals surface area contributed by atoms with E-state index >= 15 is 0 Å². The summed E-state index contributed by atoms with van der Waals surface area (Å²) in [5.74, 6) is 0. The van der Waals surface area contributed by atoms with Crippen molar-refractivity contribution in [2.45, 2.75) is 83.2 Å². The molecular weight excluding hydrogens is 249 g/mol. The van der Waals surface area contributed by atoms with Gasteiger partial charge in [0.2, 0.25) is 0 Å². The van der Waals surface area contributed by atoms with Gasteiger partial charge in [0.05, 0.1) is 0 Å². The van der Waals surface area contributed by atoms with Gasteiger partial charge in [-0.25, -0.2) is 0 Å². The van der Waals surface area contributed by atoms with E-state index in [4.69, 9.17) is 0 Å². The van der Waals surface area contributed by atoms with Gasteiger partial charge in [0.1, 0.15) is 0 Å². The lowest BCUT2D eigenvalue weighted by Crippen LogP contribution is -2.05. The minimum Gasteiger partial charge on any atom is -0.171 e. The van der Waals surface area contributed by atoms with Crippen LogP contribution in [0.25, 0.3) is 0 Å². The van der Waals surface area contributed by atoms with Gasteiger partial charge in [0.15, 0.2) is 0 Å². The van der Waals surface area contributed by atoms with Crippen molar-refractivity contribution in [3.63, 3.8) is 0 Å². The largest absolute Gasteiger partial charge is 0.389 e. The van der Waals surface area contributed by atoms with Crippen LogP contribution in [-0.2, 0) is 0 Å². The van der Waals surface area contributed by atoms with Crippen LogP contribution in [0.3, 0.4) is 0 Å². The first-order valence-corrected chi connectivity index (χ1v) is 7.57. The van der Waals surface area contributed by atoms with Crippen LogP contribution < -0.4 is 0 Å². The Kier molecular flexibility index (Phi) is 12.2. The molecule has 0 amide bonds. The van der Waals surface area contributed by atoms with Crippen LogP contribution in [0.4, 0.5) is 13.2 Å². The van der Waals surface area contributed by atoms with Crippen LogP contribution in [0.1, 0.15) is 77.0 Å². The molecule has 0 saturated carbocycles. The summed E-state index contributed by atoms with van der Waals surface area (Å²) in [5.41, 5.74) is 0. The smallest absolute Gasteiger partial charge is 0.171 e. The van der Waals surface area contributed by atoms with Crippen molar-refractivity contribution in [3.05, 3.63) is 19.1 Å². The molecule has 0 rings (SSSR count). The zero-order chi connectivity index (χ0) is 14.4. The number of hydrogen-bond donors (Lipinski definition) is 0. The predicted octanol–water partition coefficient (Wildman–Crippen LogP) is 6.62. The highest BCUT2D eigenvalue weighted by Crippen LogP contribution is 2.21. The monoisotopic (exact) mass is 277 g/mol. The van der Waals surface area contributed by atoms with E-state index in [1.807, 2.05) is 6.08 Å². The van der Waals surface area contributed by atoms with Gasteiger partial charge in [-0.1, -0.05) is 70.4 Å². The molecule has 0 fully saturated rings. The number of allylic oxidation sites excluding steroid dienone is 2. The van der Waals surface area contributed by atoms with Gasteiger partial charge in [-0.05, 0) is 19.3 Å². The molecule has 0 N–H and O–H groups in total. The topological polar surface area (TPSA) is 0 Å². The maximum atomic E-state index is 11.8. The van der Waals surface area contributed by atoms with Gasteiger partial charge in [-0.15, -0.1) is 0 Å². The lowest BCUT2D eigenvalue weighted by Gasteiger charge is -2.02. The van der Waals surface area contributed by atoms with Crippen LogP contribution in [0.5, 0.6) is 0 Å². The van der Waals surface area contributed by atoms with Crippen molar-refractivity contribution >= 4 is 0 Å². The summed E-state index contributed by atoms with van der Waals surface area (Å²) in [6, 6.07) is 0. The van der Waals surface area contributed by atoms with Crippen molar-refractivity contribution in [2.24, 2.45) is 0 Å². The molecule has 0 aliphatic carbocycles. The first-order valence-electron chi connectivity index (χ1n) is 7.57. The molecule has 0 atom stereocenters. The van der Waals surface area contributed by atoms with E-state index in [0.29, 0.717) is 0 Å².